The molecule has 0 amide bonds. The standard InChI is InChI=1S/C26H34N8S2/c1-3-33-17-19-35-25(33)31-29-23-11-7-21(8-12-23)27-15-5-6-16-28-22-9-13-24(14-10-22)30-32-26-34(4-2)18-20-36-26/h7-14,17-20,25-28H,3-6,15-16H2,1-2H3. The molecular formula is C26H34N8S2. The predicted molar refractivity (Wildman–Crippen MR) is 154 cm³/mol. The van der Waals surface area contributed by atoms with Gasteiger partial charge in [-0.05, 0) is 86.0 Å². The fraction of sp³-hybridized carbons (Fsp3) is 0.385. The van der Waals surface area contributed by atoms with Crippen LogP contribution in [0.3, 0.4) is 0 Å². The first kappa shape index (κ1) is 26.1. The molecular weight excluding hydrogens is 488 g/mol. The Bertz CT molecular complexity index is 967. The van der Waals surface area contributed by atoms with Crippen molar-refractivity contribution in [3.63, 3.8) is 0 Å². The van der Waals surface area contributed by atoms with Gasteiger partial charge in [-0.1, -0.05) is 23.5 Å². The third kappa shape index (κ3) is 7.76. The molecule has 4 rings (SSSR count). The van der Waals surface area contributed by atoms with Crippen molar-refractivity contribution >= 4 is 46.3 Å². The van der Waals surface area contributed by atoms with Gasteiger partial charge >= 0.3 is 0 Å². The average molecular weight is 523 g/mol. The third-order valence-electron chi connectivity index (χ3n) is 5.74. The van der Waals surface area contributed by atoms with E-state index < -0.39 is 0 Å². The van der Waals surface area contributed by atoms with Gasteiger partial charge in [0.25, 0.3) is 0 Å². The van der Waals surface area contributed by atoms with Crippen LogP contribution < -0.4 is 10.6 Å². The second-order valence-electron chi connectivity index (χ2n) is 8.24. The van der Waals surface area contributed by atoms with Crippen molar-refractivity contribution in [3.05, 3.63) is 71.7 Å². The van der Waals surface area contributed by atoms with Crippen LogP contribution >= 0.6 is 23.5 Å². The van der Waals surface area contributed by atoms with Gasteiger partial charge < -0.3 is 20.4 Å². The van der Waals surface area contributed by atoms with Gasteiger partial charge in [0.15, 0.2) is 11.0 Å². The van der Waals surface area contributed by atoms with Gasteiger partial charge in [-0.15, -0.1) is 0 Å². The van der Waals surface area contributed by atoms with Crippen LogP contribution in [0.5, 0.6) is 0 Å². The maximum atomic E-state index is 4.44. The van der Waals surface area contributed by atoms with Gasteiger partial charge in [-0.25, -0.2) is 0 Å². The highest BCUT2D eigenvalue weighted by molar-refractivity contribution is 8.03. The summed E-state index contributed by atoms with van der Waals surface area (Å²) in [7, 11) is 0. The van der Waals surface area contributed by atoms with Crippen LogP contribution in [0.4, 0.5) is 22.7 Å². The predicted octanol–water partition coefficient (Wildman–Crippen LogP) is 7.81. The highest BCUT2D eigenvalue weighted by Gasteiger charge is 2.17. The lowest BCUT2D eigenvalue weighted by Crippen LogP contribution is -2.21. The smallest absolute Gasteiger partial charge is 0.193 e. The molecule has 36 heavy (non-hydrogen) atoms. The number of unbranched alkanes of at least 4 members (excludes halogenated alkanes) is 1. The van der Waals surface area contributed by atoms with Crippen molar-refractivity contribution in [3.8, 4) is 0 Å². The molecule has 0 saturated heterocycles. The van der Waals surface area contributed by atoms with Gasteiger partial charge in [0, 0.05) is 50.0 Å². The summed E-state index contributed by atoms with van der Waals surface area (Å²) in [6, 6.07) is 16.3. The molecule has 2 unspecified atom stereocenters. The number of benzene rings is 2. The van der Waals surface area contributed by atoms with E-state index in [0.29, 0.717) is 0 Å². The summed E-state index contributed by atoms with van der Waals surface area (Å²) in [5.41, 5.74) is 4.06. The molecule has 0 bridgehead atoms. The van der Waals surface area contributed by atoms with E-state index in [0.717, 1.165) is 61.8 Å². The minimum Gasteiger partial charge on any atom is -0.385 e. The van der Waals surface area contributed by atoms with E-state index in [1.807, 2.05) is 24.3 Å². The zero-order chi connectivity index (χ0) is 25.0. The molecule has 10 heteroatoms. The Morgan fingerprint density at radius 2 is 1.08 bits per heavy atom. The number of azo groups is 2. The molecule has 0 aromatic heterocycles. The highest BCUT2D eigenvalue weighted by atomic mass is 32.2. The Labute approximate surface area is 222 Å². The number of anilines is 2. The van der Waals surface area contributed by atoms with Crippen molar-refractivity contribution in [2.75, 3.05) is 36.8 Å². The number of thioether (sulfide) groups is 2. The summed E-state index contributed by atoms with van der Waals surface area (Å²) < 4.78 is 0. The number of nitrogens with zero attached hydrogens (tertiary/aromatic N) is 6. The Hall–Kier alpha value is -2.98. The Morgan fingerprint density at radius 3 is 1.47 bits per heavy atom. The topological polar surface area (TPSA) is 80.0 Å². The van der Waals surface area contributed by atoms with E-state index in [1.54, 1.807) is 23.5 Å². The molecule has 0 aliphatic carbocycles. The molecule has 0 fully saturated rings. The van der Waals surface area contributed by atoms with Crippen molar-refractivity contribution in [1.29, 1.82) is 0 Å². The van der Waals surface area contributed by atoms with E-state index in [-0.39, 0.29) is 11.0 Å². The van der Waals surface area contributed by atoms with Crippen molar-refractivity contribution in [2.24, 2.45) is 20.5 Å². The molecule has 8 nitrogen and oxygen atoms in total. The lowest BCUT2D eigenvalue weighted by atomic mass is 10.2. The summed E-state index contributed by atoms with van der Waals surface area (Å²) in [5.74, 6) is 0. The van der Waals surface area contributed by atoms with Gasteiger partial charge in [-0.3, -0.25) is 0 Å². The SMILES string of the molecule is CCN1C=CSC1N=Nc1ccc(NCCCCNc2ccc(N=NC3SC=CN3CC)cc2)cc1. The monoisotopic (exact) mass is 522 g/mol. The first-order chi connectivity index (χ1) is 17.7. The first-order valence-corrected chi connectivity index (χ1v) is 14.3. The quantitative estimate of drug-likeness (QED) is 0.206. The third-order valence-corrected chi connectivity index (χ3v) is 7.52. The molecule has 2 aromatic carbocycles. The molecule has 2 aliphatic rings. The molecule has 2 N–H and O–H groups in total. The minimum absolute atomic E-state index is 0.0513. The maximum absolute atomic E-state index is 4.44. The van der Waals surface area contributed by atoms with E-state index in [4.69, 9.17) is 0 Å². The van der Waals surface area contributed by atoms with Gasteiger partial charge in [0.2, 0.25) is 0 Å². The summed E-state index contributed by atoms with van der Waals surface area (Å²) in [6.45, 7) is 7.97. The number of hydrogen-bond acceptors (Lipinski definition) is 10. The van der Waals surface area contributed by atoms with E-state index in [2.05, 4.69) is 102 Å². The van der Waals surface area contributed by atoms with Crippen LogP contribution in [-0.4, -0.2) is 47.0 Å². The van der Waals surface area contributed by atoms with E-state index in [1.165, 1.54) is 0 Å². The number of rotatable bonds is 13. The van der Waals surface area contributed by atoms with Crippen molar-refractivity contribution in [1.82, 2.24) is 9.80 Å². The zero-order valence-corrected chi connectivity index (χ0v) is 22.5. The van der Waals surface area contributed by atoms with E-state index >= 15 is 0 Å². The van der Waals surface area contributed by atoms with Crippen LogP contribution in [-0.2, 0) is 0 Å². The highest BCUT2D eigenvalue weighted by Crippen LogP contribution is 2.28. The largest absolute Gasteiger partial charge is 0.385 e. The molecule has 0 saturated carbocycles. The summed E-state index contributed by atoms with van der Waals surface area (Å²) in [5, 5.41) is 28.7. The Kier molecular flexibility index (Phi) is 10.1. The maximum Gasteiger partial charge on any atom is 0.193 e. The van der Waals surface area contributed by atoms with Crippen molar-refractivity contribution < 1.29 is 0 Å². The number of nitrogens with one attached hydrogen (secondary N) is 2. The first-order valence-electron chi connectivity index (χ1n) is 12.4. The average Bonchev–Trinajstić information content (AvgIpc) is 3.58. The van der Waals surface area contributed by atoms with Gasteiger partial charge in [0.05, 0.1) is 11.4 Å². The van der Waals surface area contributed by atoms with Crippen LogP contribution in [0.25, 0.3) is 0 Å². The van der Waals surface area contributed by atoms with Crippen molar-refractivity contribution in [2.45, 2.75) is 37.7 Å². The molecule has 2 aromatic rings. The Balaban J connectivity index is 1.09. The molecule has 190 valence electrons. The summed E-state index contributed by atoms with van der Waals surface area (Å²) in [4.78, 5) is 4.32. The molecule has 2 atom stereocenters. The lowest BCUT2D eigenvalue weighted by Gasteiger charge is -2.17. The molecule has 2 heterocycles. The normalized spacial score (nSPS) is 19.3. The second-order valence-corrected chi connectivity index (χ2v) is 10.2. The van der Waals surface area contributed by atoms with Crippen LogP contribution in [0.2, 0.25) is 0 Å². The zero-order valence-electron chi connectivity index (χ0n) is 20.8. The van der Waals surface area contributed by atoms with Gasteiger partial charge in [0.1, 0.15) is 0 Å². The van der Waals surface area contributed by atoms with Crippen LogP contribution in [0, 0.1) is 0 Å². The Morgan fingerprint density at radius 1 is 0.667 bits per heavy atom. The molecule has 2 aliphatic heterocycles. The molecule has 0 spiro atoms. The fourth-order valence-corrected chi connectivity index (χ4v) is 5.31. The second kappa shape index (κ2) is 13.9. The summed E-state index contributed by atoms with van der Waals surface area (Å²) >= 11 is 3.35. The van der Waals surface area contributed by atoms with Gasteiger partial charge in [-0.2, -0.15) is 20.5 Å². The van der Waals surface area contributed by atoms with Crippen LogP contribution in [0.15, 0.2) is 92.2 Å². The van der Waals surface area contributed by atoms with E-state index in [9.17, 15) is 0 Å². The number of hydrogen-bond donors (Lipinski definition) is 2. The summed E-state index contributed by atoms with van der Waals surface area (Å²) in [6.07, 6.45) is 6.30. The van der Waals surface area contributed by atoms with Crippen LogP contribution in [0.1, 0.15) is 26.7 Å². The fourth-order valence-electron chi connectivity index (χ4n) is 3.62. The molecule has 0 radical (unpaired) electrons. The lowest BCUT2D eigenvalue weighted by molar-refractivity contribution is 0.380. The minimum atomic E-state index is 0.0513.